The van der Waals surface area contributed by atoms with Gasteiger partial charge in [0.15, 0.2) is 0 Å². The van der Waals surface area contributed by atoms with Crippen molar-refractivity contribution in [2.45, 2.75) is 58.2 Å². The number of hydrogen-bond donors (Lipinski definition) is 1. The van der Waals surface area contributed by atoms with Gasteiger partial charge < -0.3 is 9.84 Å². The molecule has 0 amide bonds. The average molecular weight is 291 g/mol. The number of ether oxygens (including phenoxy) is 1. The Labute approximate surface area is 126 Å². The molecule has 1 aliphatic heterocycles. The van der Waals surface area contributed by atoms with Crippen LogP contribution < -0.4 is 4.74 Å². The first kappa shape index (κ1) is 15.8. The highest BCUT2D eigenvalue weighted by Crippen LogP contribution is 2.30. The van der Waals surface area contributed by atoms with Crippen LogP contribution in [0.25, 0.3) is 0 Å². The third-order valence-electron chi connectivity index (χ3n) is 3.97. The maximum absolute atomic E-state index is 11.8. The first-order valence-electron chi connectivity index (χ1n) is 7.74. The van der Waals surface area contributed by atoms with Crippen LogP contribution in [0.15, 0.2) is 24.3 Å². The van der Waals surface area contributed by atoms with Crippen molar-refractivity contribution in [2.75, 3.05) is 6.54 Å². The Bertz CT molecular complexity index is 487. The van der Waals surface area contributed by atoms with Crippen molar-refractivity contribution in [1.29, 1.82) is 0 Å². The molecule has 1 aromatic rings. The number of carboxylic acids is 1. The number of hydrogen-bond acceptors (Lipinski definition) is 3. The lowest BCUT2D eigenvalue weighted by Crippen LogP contribution is -2.43. The van der Waals surface area contributed by atoms with Gasteiger partial charge in [-0.1, -0.05) is 18.6 Å². The molecule has 4 heteroatoms. The minimum absolute atomic E-state index is 0.0810. The van der Waals surface area contributed by atoms with E-state index in [0.717, 1.165) is 30.7 Å². The molecule has 2 unspecified atom stereocenters. The van der Waals surface area contributed by atoms with E-state index in [1.807, 2.05) is 38.1 Å². The number of carboxylic acid groups (broad SMARTS) is 1. The first-order chi connectivity index (χ1) is 9.99. The Balaban J connectivity index is 2.27. The van der Waals surface area contributed by atoms with Gasteiger partial charge in [0.05, 0.1) is 6.10 Å². The van der Waals surface area contributed by atoms with E-state index in [0.29, 0.717) is 6.04 Å². The number of piperidine rings is 1. The van der Waals surface area contributed by atoms with Gasteiger partial charge in [0.25, 0.3) is 0 Å². The second kappa shape index (κ2) is 6.94. The van der Waals surface area contributed by atoms with Gasteiger partial charge >= 0.3 is 5.97 Å². The molecule has 21 heavy (non-hydrogen) atoms. The summed E-state index contributed by atoms with van der Waals surface area (Å²) >= 11 is 0. The van der Waals surface area contributed by atoms with E-state index in [1.165, 1.54) is 6.42 Å². The number of carbonyl (C=O) groups is 1. The number of likely N-dealkylation sites (tertiary alicyclic amines) is 1. The summed E-state index contributed by atoms with van der Waals surface area (Å²) in [6.45, 7) is 6.89. The summed E-state index contributed by atoms with van der Waals surface area (Å²) < 4.78 is 5.69. The Morgan fingerprint density at radius 3 is 2.76 bits per heavy atom. The lowest BCUT2D eigenvalue weighted by Gasteiger charge is -2.37. The van der Waals surface area contributed by atoms with Crippen LogP contribution >= 0.6 is 0 Å². The molecule has 1 heterocycles. The predicted octanol–water partition coefficient (Wildman–Crippen LogP) is 3.47. The van der Waals surface area contributed by atoms with Gasteiger partial charge in [-0.3, -0.25) is 9.69 Å². The fourth-order valence-corrected chi connectivity index (χ4v) is 3.01. The monoisotopic (exact) mass is 291 g/mol. The van der Waals surface area contributed by atoms with Crippen LogP contribution in [-0.4, -0.2) is 34.7 Å². The van der Waals surface area contributed by atoms with Crippen LogP contribution in [0.1, 0.15) is 51.6 Å². The number of nitrogens with zero attached hydrogens (tertiary/aromatic N) is 1. The molecule has 0 aliphatic carbocycles. The molecule has 2 rings (SSSR count). The third kappa shape index (κ3) is 3.97. The van der Waals surface area contributed by atoms with Crippen molar-refractivity contribution in [2.24, 2.45) is 0 Å². The molecule has 116 valence electrons. The van der Waals surface area contributed by atoms with Crippen LogP contribution in [0.2, 0.25) is 0 Å². The molecule has 2 atom stereocenters. The zero-order valence-corrected chi connectivity index (χ0v) is 13.1. The highest BCUT2D eigenvalue weighted by atomic mass is 16.5. The molecule has 0 saturated carbocycles. The Morgan fingerprint density at radius 2 is 2.14 bits per heavy atom. The van der Waals surface area contributed by atoms with E-state index in [-0.39, 0.29) is 6.10 Å². The van der Waals surface area contributed by atoms with Crippen molar-refractivity contribution < 1.29 is 14.6 Å². The van der Waals surface area contributed by atoms with Crippen LogP contribution in [0.5, 0.6) is 5.75 Å². The maximum Gasteiger partial charge on any atom is 0.325 e. The molecule has 4 nitrogen and oxygen atoms in total. The Hall–Kier alpha value is -1.55. The molecule has 1 saturated heterocycles. The summed E-state index contributed by atoms with van der Waals surface area (Å²) in [7, 11) is 0. The summed E-state index contributed by atoms with van der Waals surface area (Å²) in [5.74, 6) is -0.0520. The minimum atomic E-state index is -0.787. The second-order valence-corrected chi connectivity index (χ2v) is 6.06. The van der Waals surface area contributed by atoms with Gasteiger partial charge in [-0.15, -0.1) is 0 Å². The van der Waals surface area contributed by atoms with Gasteiger partial charge in [-0.25, -0.2) is 0 Å². The molecular formula is C17H25NO3. The number of aliphatic carboxylic acids is 1. The van der Waals surface area contributed by atoms with E-state index < -0.39 is 12.0 Å². The van der Waals surface area contributed by atoms with Crippen molar-refractivity contribution in [3.8, 4) is 5.75 Å². The molecule has 1 aromatic carbocycles. The second-order valence-electron chi connectivity index (χ2n) is 6.06. The Kier molecular flexibility index (Phi) is 5.23. The molecular weight excluding hydrogens is 266 g/mol. The van der Waals surface area contributed by atoms with E-state index in [4.69, 9.17) is 4.74 Å². The third-order valence-corrected chi connectivity index (χ3v) is 3.97. The van der Waals surface area contributed by atoms with E-state index in [1.54, 1.807) is 0 Å². The summed E-state index contributed by atoms with van der Waals surface area (Å²) in [6.07, 6.45) is 3.39. The van der Waals surface area contributed by atoms with Crippen molar-refractivity contribution in [3.63, 3.8) is 0 Å². The summed E-state index contributed by atoms with van der Waals surface area (Å²) in [4.78, 5) is 13.9. The fraction of sp³-hybridized carbons (Fsp3) is 0.588. The highest BCUT2D eigenvalue weighted by molar-refractivity contribution is 5.75. The van der Waals surface area contributed by atoms with Crippen molar-refractivity contribution in [3.05, 3.63) is 29.8 Å². The SMILES string of the molecule is CC(C)Oc1cccc(C(C(=O)O)N2CCCCC2C)c1. The normalized spacial score (nSPS) is 21.2. The summed E-state index contributed by atoms with van der Waals surface area (Å²) in [5.41, 5.74) is 0.800. The highest BCUT2D eigenvalue weighted by Gasteiger charge is 2.32. The zero-order chi connectivity index (χ0) is 15.4. The quantitative estimate of drug-likeness (QED) is 0.902. The number of benzene rings is 1. The molecule has 0 aromatic heterocycles. The zero-order valence-electron chi connectivity index (χ0n) is 13.1. The van der Waals surface area contributed by atoms with Crippen LogP contribution in [0.3, 0.4) is 0 Å². The first-order valence-corrected chi connectivity index (χ1v) is 7.74. The van der Waals surface area contributed by atoms with Gasteiger partial charge in [-0.05, 0) is 57.9 Å². The maximum atomic E-state index is 11.8. The standard InChI is InChI=1S/C17H25NO3/c1-12(2)21-15-9-6-8-14(11-15)16(17(19)20)18-10-5-4-7-13(18)3/h6,8-9,11-13,16H,4-5,7,10H2,1-3H3,(H,19,20). The van der Waals surface area contributed by atoms with Crippen LogP contribution in [0, 0.1) is 0 Å². The lowest BCUT2D eigenvalue weighted by atomic mass is 9.97. The largest absolute Gasteiger partial charge is 0.491 e. The topological polar surface area (TPSA) is 49.8 Å². The molecule has 0 spiro atoms. The molecule has 0 radical (unpaired) electrons. The molecule has 0 bridgehead atoms. The van der Waals surface area contributed by atoms with Crippen molar-refractivity contribution >= 4 is 5.97 Å². The van der Waals surface area contributed by atoms with Crippen molar-refractivity contribution in [1.82, 2.24) is 4.90 Å². The van der Waals surface area contributed by atoms with Crippen LogP contribution in [-0.2, 0) is 4.79 Å². The summed E-state index contributed by atoms with van der Waals surface area (Å²) in [5, 5.41) is 9.69. The van der Waals surface area contributed by atoms with Gasteiger partial charge in [-0.2, -0.15) is 0 Å². The fourth-order valence-electron chi connectivity index (χ4n) is 3.01. The van der Waals surface area contributed by atoms with Crippen LogP contribution in [0.4, 0.5) is 0 Å². The van der Waals surface area contributed by atoms with Gasteiger partial charge in [0, 0.05) is 6.04 Å². The molecule has 1 fully saturated rings. The van der Waals surface area contributed by atoms with E-state index >= 15 is 0 Å². The van der Waals surface area contributed by atoms with E-state index in [2.05, 4.69) is 11.8 Å². The smallest absolute Gasteiger partial charge is 0.325 e. The molecule has 1 aliphatic rings. The van der Waals surface area contributed by atoms with Gasteiger partial charge in [0.2, 0.25) is 0 Å². The predicted molar refractivity (Wildman–Crippen MR) is 82.6 cm³/mol. The molecule has 1 N–H and O–H groups in total. The average Bonchev–Trinajstić information content (AvgIpc) is 2.40. The van der Waals surface area contributed by atoms with E-state index in [9.17, 15) is 9.90 Å². The number of rotatable bonds is 5. The lowest BCUT2D eigenvalue weighted by molar-refractivity contribution is -0.145. The summed E-state index contributed by atoms with van der Waals surface area (Å²) in [6, 6.07) is 7.21. The minimum Gasteiger partial charge on any atom is -0.491 e. The Morgan fingerprint density at radius 1 is 1.38 bits per heavy atom. The van der Waals surface area contributed by atoms with Gasteiger partial charge in [0.1, 0.15) is 11.8 Å².